The summed E-state index contributed by atoms with van der Waals surface area (Å²) >= 11 is 1.91. The number of allylic oxidation sites excluding steroid dienone is 5. The van der Waals surface area contributed by atoms with E-state index in [-0.39, 0.29) is 0 Å². The fraction of sp³-hybridized carbons (Fsp3) is 0.0968. The summed E-state index contributed by atoms with van der Waals surface area (Å²) < 4.78 is 0. The van der Waals surface area contributed by atoms with Gasteiger partial charge in [-0.3, -0.25) is 0 Å². The summed E-state index contributed by atoms with van der Waals surface area (Å²) in [6.07, 6.45) is 5.62. The number of para-hydroxylation sites is 2. The summed E-state index contributed by atoms with van der Waals surface area (Å²) in [6.45, 7) is 14.2. The van der Waals surface area contributed by atoms with Crippen LogP contribution in [0.2, 0.25) is 0 Å². The lowest BCUT2D eigenvalue weighted by atomic mass is 9.53. The highest BCUT2D eigenvalue weighted by molar-refractivity contribution is 8.03. The summed E-state index contributed by atoms with van der Waals surface area (Å²) in [7, 11) is 0. The van der Waals surface area contributed by atoms with Gasteiger partial charge in [0.05, 0.1) is 10.8 Å². The molecule has 0 fully saturated rings. The molecule has 0 bridgehead atoms. The Morgan fingerprint density at radius 3 is 1.70 bits per heavy atom. The monoisotopic (exact) mass is 837 g/mol. The molecule has 2 spiro atoms. The second-order valence-electron chi connectivity index (χ2n) is 17.6. The first-order valence-corrected chi connectivity index (χ1v) is 23.4. The van der Waals surface area contributed by atoms with E-state index in [1.807, 2.05) is 11.8 Å². The fourth-order valence-corrected chi connectivity index (χ4v) is 13.1. The van der Waals surface area contributed by atoms with E-state index < -0.39 is 10.8 Å². The average molecular weight is 838 g/mol. The van der Waals surface area contributed by atoms with E-state index in [0.29, 0.717) is 5.92 Å². The Bertz CT molecular complexity index is 3210. The quantitative estimate of drug-likeness (QED) is 0.164. The van der Waals surface area contributed by atoms with Gasteiger partial charge in [-0.05, 0) is 126 Å². The van der Waals surface area contributed by atoms with Gasteiger partial charge in [0, 0.05) is 26.9 Å². The number of thioether (sulfide) groups is 1. The molecule has 4 aliphatic rings. The zero-order valence-electron chi connectivity index (χ0n) is 36.2. The van der Waals surface area contributed by atoms with E-state index in [1.165, 1.54) is 82.1 Å². The Morgan fingerprint density at radius 1 is 0.531 bits per heavy atom. The molecule has 2 heteroatoms. The van der Waals surface area contributed by atoms with Crippen LogP contribution in [0.5, 0.6) is 0 Å². The van der Waals surface area contributed by atoms with Crippen LogP contribution in [0, 0.1) is 0 Å². The molecule has 0 aromatic heterocycles. The molecule has 1 nitrogen and oxygen atoms in total. The van der Waals surface area contributed by atoms with Crippen LogP contribution in [0.1, 0.15) is 87.4 Å². The first-order chi connectivity index (χ1) is 31.5. The van der Waals surface area contributed by atoms with Gasteiger partial charge >= 0.3 is 0 Å². The summed E-state index contributed by atoms with van der Waals surface area (Å²) in [5.41, 5.74) is 20.9. The predicted octanol–water partition coefficient (Wildman–Crippen LogP) is 16.1. The number of benzene rings is 8. The molecule has 3 aliphatic carbocycles. The minimum atomic E-state index is -0.668. The van der Waals surface area contributed by atoms with Crippen LogP contribution in [0.3, 0.4) is 0 Å². The van der Waals surface area contributed by atoms with Crippen molar-refractivity contribution in [1.82, 2.24) is 0 Å². The van der Waals surface area contributed by atoms with Crippen LogP contribution in [0.25, 0.3) is 28.0 Å². The van der Waals surface area contributed by atoms with Gasteiger partial charge in [0.15, 0.2) is 0 Å². The SMILES string of the molecule is C=C1/C=C\C2=C(Sc3ccccc31)C1(c3cc(C(=C)N(c4ccccc4)c4ccccc4C(C)CC)ccc32)c2ccccc2C2(c3ccccc3-c3ccccc32)c2ccccc21. The van der Waals surface area contributed by atoms with Gasteiger partial charge in [0.1, 0.15) is 0 Å². The maximum Gasteiger partial charge on any atom is 0.0783 e. The third-order valence-corrected chi connectivity index (χ3v) is 15.9. The molecule has 1 heterocycles. The molecule has 0 amide bonds. The van der Waals surface area contributed by atoms with Crippen LogP contribution >= 0.6 is 11.8 Å². The van der Waals surface area contributed by atoms with Gasteiger partial charge < -0.3 is 4.90 Å². The van der Waals surface area contributed by atoms with E-state index in [2.05, 4.69) is 232 Å². The van der Waals surface area contributed by atoms with E-state index >= 15 is 0 Å². The Kier molecular flexibility index (Phi) is 8.87. The number of rotatable bonds is 6. The van der Waals surface area contributed by atoms with E-state index in [9.17, 15) is 0 Å². The van der Waals surface area contributed by atoms with Gasteiger partial charge in [0.25, 0.3) is 0 Å². The molecular weight excluding hydrogens is 791 g/mol. The average Bonchev–Trinajstić information content (AvgIpc) is 3.79. The lowest BCUT2D eigenvalue weighted by Gasteiger charge is -2.49. The third-order valence-electron chi connectivity index (χ3n) is 14.6. The molecule has 64 heavy (non-hydrogen) atoms. The first-order valence-electron chi connectivity index (χ1n) is 22.5. The van der Waals surface area contributed by atoms with Crippen molar-refractivity contribution in [2.45, 2.75) is 41.9 Å². The van der Waals surface area contributed by atoms with Crippen LogP contribution in [-0.4, -0.2) is 0 Å². The zero-order chi connectivity index (χ0) is 43.2. The Labute approximate surface area is 381 Å². The van der Waals surface area contributed by atoms with Crippen molar-refractivity contribution in [2.24, 2.45) is 0 Å². The van der Waals surface area contributed by atoms with Crippen molar-refractivity contribution >= 4 is 40.0 Å². The number of anilines is 2. The second kappa shape index (κ2) is 14.7. The molecule has 12 rings (SSSR count). The molecule has 0 saturated carbocycles. The predicted molar refractivity (Wildman–Crippen MR) is 270 cm³/mol. The van der Waals surface area contributed by atoms with E-state index in [1.54, 1.807) is 0 Å². The lowest BCUT2D eigenvalue weighted by molar-refractivity contribution is 0.638. The Balaban J connectivity index is 1.17. The third kappa shape index (κ3) is 5.21. The zero-order valence-corrected chi connectivity index (χ0v) is 37.0. The van der Waals surface area contributed by atoms with Gasteiger partial charge in [-0.2, -0.15) is 0 Å². The van der Waals surface area contributed by atoms with Crippen molar-refractivity contribution in [2.75, 3.05) is 4.90 Å². The van der Waals surface area contributed by atoms with Gasteiger partial charge in [-0.1, -0.05) is 215 Å². The highest BCUT2D eigenvalue weighted by Gasteiger charge is 2.59. The van der Waals surface area contributed by atoms with Crippen molar-refractivity contribution in [3.63, 3.8) is 0 Å². The molecule has 8 aromatic rings. The lowest BCUT2D eigenvalue weighted by Crippen LogP contribution is -2.44. The van der Waals surface area contributed by atoms with Gasteiger partial charge in [0.2, 0.25) is 0 Å². The highest BCUT2D eigenvalue weighted by atomic mass is 32.2. The van der Waals surface area contributed by atoms with Crippen LogP contribution in [0.15, 0.2) is 229 Å². The standard InChI is InChI=1S/C62H47NS/c1-5-40(2)45-23-11-19-33-58(45)63(44-21-7-6-8-22-44)42(4)43-36-38-49-50-37-35-41(3)46-24-12-20-34-59(46)64-60(50)62(57(49)39-43)55-31-17-15-29-53(55)61(54-30-16-18-32-56(54)62)51-27-13-9-25-47(51)48-26-10-14-28-52(48)61/h6-40H,3-5H2,1-2H3/b37-35-. The molecular formula is C62H47NS. The summed E-state index contributed by atoms with van der Waals surface area (Å²) in [5.74, 6) is 0.372. The fourth-order valence-electron chi connectivity index (χ4n) is 11.6. The minimum absolute atomic E-state index is 0.372. The molecule has 1 unspecified atom stereocenters. The topological polar surface area (TPSA) is 3.24 Å². The van der Waals surface area contributed by atoms with Crippen molar-refractivity contribution in [3.05, 3.63) is 286 Å². The highest BCUT2D eigenvalue weighted by Crippen LogP contribution is 2.69. The second-order valence-corrected chi connectivity index (χ2v) is 18.7. The smallest absolute Gasteiger partial charge is 0.0783 e. The van der Waals surface area contributed by atoms with Crippen LogP contribution in [0.4, 0.5) is 11.4 Å². The molecule has 1 atom stereocenters. The van der Waals surface area contributed by atoms with Crippen molar-refractivity contribution in [1.29, 1.82) is 0 Å². The number of nitrogens with zero attached hydrogens (tertiary/aromatic N) is 1. The molecule has 0 radical (unpaired) electrons. The van der Waals surface area contributed by atoms with E-state index in [4.69, 9.17) is 6.58 Å². The number of hydrogen-bond donors (Lipinski definition) is 0. The van der Waals surface area contributed by atoms with Gasteiger partial charge in [-0.15, -0.1) is 0 Å². The molecule has 1 aliphatic heterocycles. The molecule has 0 saturated heterocycles. The van der Waals surface area contributed by atoms with Crippen LogP contribution in [-0.2, 0) is 10.8 Å². The molecule has 306 valence electrons. The van der Waals surface area contributed by atoms with Crippen LogP contribution < -0.4 is 4.90 Å². The summed E-state index contributed by atoms with van der Waals surface area (Å²) in [4.78, 5) is 4.91. The summed E-state index contributed by atoms with van der Waals surface area (Å²) in [5, 5.41) is 0. The molecule has 0 N–H and O–H groups in total. The minimum Gasteiger partial charge on any atom is -0.310 e. The summed E-state index contributed by atoms with van der Waals surface area (Å²) in [6, 6.07) is 72.6. The maximum absolute atomic E-state index is 5.00. The number of fused-ring (bicyclic) bond motifs is 16. The maximum atomic E-state index is 5.00. The van der Waals surface area contributed by atoms with E-state index in [0.717, 1.165) is 34.6 Å². The first kappa shape index (κ1) is 38.5. The Morgan fingerprint density at radius 2 is 1.06 bits per heavy atom. The Hall–Kier alpha value is -7.13. The van der Waals surface area contributed by atoms with Gasteiger partial charge in [-0.25, -0.2) is 0 Å². The number of hydrogen-bond acceptors (Lipinski definition) is 2. The van der Waals surface area contributed by atoms with Crippen molar-refractivity contribution < 1.29 is 0 Å². The van der Waals surface area contributed by atoms with Crippen molar-refractivity contribution in [3.8, 4) is 11.1 Å². The molecule has 8 aromatic carbocycles. The largest absolute Gasteiger partial charge is 0.310 e. The normalized spacial score (nSPS) is 16.3.